The molecular formula is C15H21NO5. The van der Waals surface area contributed by atoms with Crippen LogP contribution in [0, 0.1) is 0 Å². The van der Waals surface area contributed by atoms with Gasteiger partial charge in [-0.3, -0.25) is 0 Å². The average Bonchev–Trinajstić information content (AvgIpc) is 2.33. The van der Waals surface area contributed by atoms with Crippen LogP contribution in [0.25, 0.3) is 0 Å². The van der Waals surface area contributed by atoms with Crippen LogP contribution in [0.4, 0.5) is 0 Å². The molecule has 21 heavy (non-hydrogen) atoms. The third-order valence-electron chi connectivity index (χ3n) is 2.18. The SMILES string of the molecule is CC(C)=CC(=O)OCC(C)(COC(=O)C=C(C)C)N=C=O. The van der Waals surface area contributed by atoms with Crippen molar-refractivity contribution in [3.8, 4) is 0 Å². The van der Waals surface area contributed by atoms with E-state index in [0.717, 1.165) is 11.1 Å². The Bertz CT molecular complexity index is 456. The molecule has 0 radical (unpaired) electrons. The Kier molecular flexibility index (Phi) is 7.94. The second kappa shape index (κ2) is 8.87. The number of ether oxygens (including phenoxy) is 2. The Balaban J connectivity index is 4.67. The van der Waals surface area contributed by atoms with Crippen LogP contribution in [0.5, 0.6) is 0 Å². The molecule has 0 aliphatic rings. The summed E-state index contributed by atoms with van der Waals surface area (Å²) in [7, 11) is 0. The van der Waals surface area contributed by atoms with Crippen LogP contribution in [-0.4, -0.2) is 36.8 Å². The lowest BCUT2D eigenvalue weighted by molar-refractivity contribution is -0.143. The molecule has 0 unspecified atom stereocenters. The number of esters is 2. The van der Waals surface area contributed by atoms with E-state index in [1.807, 2.05) is 0 Å². The van der Waals surface area contributed by atoms with E-state index in [0.29, 0.717) is 0 Å². The summed E-state index contributed by atoms with van der Waals surface area (Å²) >= 11 is 0. The normalized spacial score (nSPS) is 9.95. The third-order valence-corrected chi connectivity index (χ3v) is 2.18. The molecule has 6 nitrogen and oxygen atoms in total. The molecule has 6 heteroatoms. The Labute approximate surface area is 124 Å². The number of isocyanates is 1. The summed E-state index contributed by atoms with van der Waals surface area (Å²) in [5.41, 5.74) is 0.420. The summed E-state index contributed by atoms with van der Waals surface area (Å²) in [4.78, 5) is 36.9. The van der Waals surface area contributed by atoms with E-state index in [-0.39, 0.29) is 13.2 Å². The second-order valence-corrected chi connectivity index (χ2v) is 5.36. The van der Waals surface area contributed by atoms with Crippen LogP contribution in [0.1, 0.15) is 34.6 Å². The first-order valence-corrected chi connectivity index (χ1v) is 6.41. The summed E-state index contributed by atoms with van der Waals surface area (Å²) in [6.07, 6.45) is 4.04. The zero-order valence-electron chi connectivity index (χ0n) is 13.1. The quantitative estimate of drug-likeness (QED) is 0.311. The highest BCUT2D eigenvalue weighted by atomic mass is 16.5. The van der Waals surface area contributed by atoms with Gasteiger partial charge in [0.15, 0.2) is 0 Å². The summed E-state index contributed by atoms with van der Waals surface area (Å²) in [6, 6.07) is 0. The highest BCUT2D eigenvalue weighted by molar-refractivity contribution is 5.83. The van der Waals surface area contributed by atoms with Crippen LogP contribution < -0.4 is 0 Å². The van der Waals surface area contributed by atoms with Gasteiger partial charge < -0.3 is 9.47 Å². The zero-order valence-corrected chi connectivity index (χ0v) is 13.1. The monoisotopic (exact) mass is 295 g/mol. The molecule has 0 heterocycles. The van der Waals surface area contributed by atoms with Crippen LogP contribution >= 0.6 is 0 Å². The zero-order chi connectivity index (χ0) is 16.5. The number of carbonyl (C=O) groups is 2. The number of aliphatic imine (C=N–C) groups is 1. The topological polar surface area (TPSA) is 82.0 Å². The van der Waals surface area contributed by atoms with Crippen molar-refractivity contribution < 1.29 is 23.9 Å². The van der Waals surface area contributed by atoms with Gasteiger partial charge in [0, 0.05) is 12.2 Å². The molecule has 0 saturated carbocycles. The maximum Gasteiger partial charge on any atom is 0.330 e. The molecule has 0 rings (SSSR count). The molecule has 0 N–H and O–H groups in total. The van der Waals surface area contributed by atoms with Crippen molar-refractivity contribution in [1.29, 1.82) is 0 Å². The van der Waals surface area contributed by atoms with E-state index >= 15 is 0 Å². The standard InChI is InChI=1S/C15H21NO5/c1-11(2)6-13(18)20-8-15(5,16-10-17)9-21-14(19)7-12(3)4/h6-7H,8-9H2,1-5H3. The molecule has 0 bridgehead atoms. The number of carbonyl (C=O) groups excluding carboxylic acids is 3. The van der Waals surface area contributed by atoms with Crippen LogP contribution in [0.15, 0.2) is 28.3 Å². The predicted molar refractivity (Wildman–Crippen MR) is 77.3 cm³/mol. The smallest absolute Gasteiger partial charge is 0.330 e. The molecular weight excluding hydrogens is 274 g/mol. The minimum Gasteiger partial charge on any atom is -0.460 e. The molecule has 0 aliphatic carbocycles. The van der Waals surface area contributed by atoms with Gasteiger partial charge in [0.2, 0.25) is 6.08 Å². The van der Waals surface area contributed by atoms with Gasteiger partial charge in [-0.15, -0.1) is 0 Å². The Hall–Kier alpha value is -2.20. The minimum absolute atomic E-state index is 0.188. The van der Waals surface area contributed by atoms with Gasteiger partial charge in [0.25, 0.3) is 0 Å². The van der Waals surface area contributed by atoms with Crippen molar-refractivity contribution in [2.45, 2.75) is 40.2 Å². The molecule has 0 aromatic rings. The van der Waals surface area contributed by atoms with Gasteiger partial charge in [0.1, 0.15) is 18.8 Å². The Morgan fingerprint density at radius 2 is 1.38 bits per heavy atom. The van der Waals surface area contributed by atoms with E-state index in [1.54, 1.807) is 27.7 Å². The fourth-order valence-corrected chi connectivity index (χ4v) is 1.22. The molecule has 0 fully saturated rings. The van der Waals surface area contributed by atoms with Crippen molar-refractivity contribution in [2.24, 2.45) is 4.99 Å². The number of hydrogen-bond acceptors (Lipinski definition) is 6. The maximum absolute atomic E-state index is 11.4. The Morgan fingerprint density at radius 3 is 1.67 bits per heavy atom. The van der Waals surface area contributed by atoms with E-state index in [2.05, 4.69) is 4.99 Å². The van der Waals surface area contributed by atoms with E-state index < -0.39 is 17.5 Å². The molecule has 0 aromatic carbocycles. The number of hydrogen-bond donors (Lipinski definition) is 0. The van der Waals surface area contributed by atoms with Gasteiger partial charge in [0.05, 0.1) is 0 Å². The lowest BCUT2D eigenvalue weighted by Crippen LogP contribution is -2.36. The first-order valence-electron chi connectivity index (χ1n) is 6.41. The highest BCUT2D eigenvalue weighted by Gasteiger charge is 2.27. The van der Waals surface area contributed by atoms with Crippen molar-refractivity contribution in [3.63, 3.8) is 0 Å². The predicted octanol–water partition coefficient (Wildman–Crippen LogP) is 2.10. The van der Waals surface area contributed by atoms with E-state index in [4.69, 9.17) is 9.47 Å². The van der Waals surface area contributed by atoms with Crippen molar-refractivity contribution in [3.05, 3.63) is 23.3 Å². The number of allylic oxidation sites excluding steroid dienone is 2. The average molecular weight is 295 g/mol. The molecule has 0 aliphatic heterocycles. The van der Waals surface area contributed by atoms with Gasteiger partial charge in [-0.1, -0.05) is 11.1 Å². The number of rotatable bonds is 7. The van der Waals surface area contributed by atoms with E-state index in [9.17, 15) is 14.4 Å². The fraction of sp³-hybridized carbons (Fsp3) is 0.533. The van der Waals surface area contributed by atoms with Crippen molar-refractivity contribution in [2.75, 3.05) is 13.2 Å². The summed E-state index contributed by atoms with van der Waals surface area (Å²) in [5.74, 6) is -1.09. The lowest BCUT2D eigenvalue weighted by Gasteiger charge is -2.21. The fourth-order valence-electron chi connectivity index (χ4n) is 1.22. The van der Waals surface area contributed by atoms with Gasteiger partial charge in [-0.05, 0) is 34.6 Å². The molecule has 116 valence electrons. The van der Waals surface area contributed by atoms with Gasteiger partial charge >= 0.3 is 11.9 Å². The minimum atomic E-state index is -1.15. The number of nitrogens with zero attached hydrogens (tertiary/aromatic N) is 1. The molecule has 0 atom stereocenters. The second-order valence-electron chi connectivity index (χ2n) is 5.36. The van der Waals surface area contributed by atoms with Crippen molar-refractivity contribution >= 4 is 18.0 Å². The molecule has 0 amide bonds. The first kappa shape index (κ1) is 18.8. The Morgan fingerprint density at radius 1 is 1.00 bits per heavy atom. The van der Waals surface area contributed by atoms with Gasteiger partial charge in [-0.25, -0.2) is 14.4 Å². The van der Waals surface area contributed by atoms with Crippen molar-refractivity contribution in [1.82, 2.24) is 0 Å². The van der Waals surface area contributed by atoms with E-state index in [1.165, 1.54) is 25.2 Å². The van der Waals surface area contributed by atoms with Crippen LogP contribution in [0.3, 0.4) is 0 Å². The summed E-state index contributed by atoms with van der Waals surface area (Å²) < 4.78 is 9.98. The van der Waals surface area contributed by atoms with Gasteiger partial charge in [-0.2, -0.15) is 4.99 Å². The molecule has 0 aromatic heterocycles. The van der Waals surface area contributed by atoms with Crippen LogP contribution in [0.2, 0.25) is 0 Å². The summed E-state index contributed by atoms with van der Waals surface area (Å²) in [6.45, 7) is 8.18. The van der Waals surface area contributed by atoms with Crippen LogP contribution in [-0.2, 0) is 23.9 Å². The third kappa shape index (κ3) is 9.35. The first-order chi connectivity index (χ1) is 9.68. The molecule has 0 saturated heterocycles. The summed E-state index contributed by atoms with van der Waals surface area (Å²) in [5, 5.41) is 0. The largest absolute Gasteiger partial charge is 0.460 e. The lowest BCUT2D eigenvalue weighted by atomic mass is 10.1. The maximum atomic E-state index is 11.4. The molecule has 0 spiro atoms. The highest BCUT2D eigenvalue weighted by Crippen LogP contribution is 2.12.